The van der Waals surface area contributed by atoms with Crippen molar-refractivity contribution in [3.63, 3.8) is 0 Å². The van der Waals surface area contributed by atoms with Crippen LogP contribution < -0.4 is 5.73 Å². The largest absolute Gasteiger partial charge is 0.324 e. The molecule has 3 heteroatoms. The highest BCUT2D eigenvalue weighted by molar-refractivity contribution is 5.15. The SMILES string of the molecule is CN(Cc1ccc(F)cc1)CC1(N)CCCCC1. The van der Waals surface area contributed by atoms with Gasteiger partial charge in [0.15, 0.2) is 0 Å². The van der Waals surface area contributed by atoms with E-state index in [2.05, 4.69) is 11.9 Å². The van der Waals surface area contributed by atoms with Gasteiger partial charge in [0.2, 0.25) is 0 Å². The molecule has 1 fully saturated rings. The van der Waals surface area contributed by atoms with E-state index in [1.807, 2.05) is 12.1 Å². The minimum absolute atomic E-state index is 0.0208. The molecule has 0 amide bonds. The lowest BCUT2D eigenvalue weighted by molar-refractivity contribution is 0.193. The van der Waals surface area contributed by atoms with Crippen molar-refractivity contribution in [2.75, 3.05) is 13.6 Å². The van der Waals surface area contributed by atoms with Crippen LogP contribution in [0.25, 0.3) is 0 Å². The number of nitrogens with zero attached hydrogens (tertiary/aromatic N) is 1. The molecule has 1 aromatic rings. The molecule has 1 aliphatic carbocycles. The van der Waals surface area contributed by atoms with Crippen LogP contribution in [0.3, 0.4) is 0 Å². The lowest BCUT2D eigenvalue weighted by Gasteiger charge is -2.36. The minimum atomic E-state index is -0.177. The van der Waals surface area contributed by atoms with Crippen molar-refractivity contribution in [2.24, 2.45) is 5.73 Å². The van der Waals surface area contributed by atoms with Gasteiger partial charge in [-0.2, -0.15) is 0 Å². The molecular weight excluding hydrogens is 227 g/mol. The minimum Gasteiger partial charge on any atom is -0.324 e. The summed E-state index contributed by atoms with van der Waals surface area (Å²) < 4.78 is 12.8. The molecule has 0 saturated heterocycles. The van der Waals surface area contributed by atoms with Crippen molar-refractivity contribution in [3.8, 4) is 0 Å². The Hall–Kier alpha value is -0.930. The van der Waals surface area contributed by atoms with Crippen LogP contribution in [0, 0.1) is 5.82 Å². The average molecular weight is 250 g/mol. The van der Waals surface area contributed by atoms with Crippen molar-refractivity contribution in [1.82, 2.24) is 4.90 Å². The monoisotopic (exact) mass is 250 g/mol. The first kappa shape index (κ1) is 13.5. The Labute approximate surface area is 109 Å². The molecule has 2 N–H and O–H groups in total. The van der Waals surface area contributed by atoms with Gasteiger partial charge < -0.3 is 10.6 Å². The number of hydrogen-bond acceptors (Lipinski definition) is 2. The zero-order valence-corrected chi connectivity index (χ0v) is 11.2. The number of halogens is 1. The topological polar surface area (TPSA) is 29.3 Å². The Morgan fingerprint density at radius 1 is 1.17 bits per heavy atom. The summed E-state index contributed by atoms with van der Waals surface area (Å²) in [6.07, 6.45) is 6.07. The quantitative estimate of drug-likeness (QED) is 0.890. The Kier molecular flexibility index (Phi) is 4.36. The molecule has 1 saturated carbocycles. The van der Waals surface area contributed by atoms with Gasteiger partial charge in [-0.05, 0) is 37.6 Å². The third kappa shape index (κ3) is 3.79. The molecule has 0 aromatic heterocycles. The zero-order valence-electron chi connectivity index (χ0n) is 11.2. The Balaban J connectivity index is 1.87. The Morgan fingerprint density at radius 2 is 1.78 bits per heavy atom. The van der Waals surface area contributed by atoms with Gasteiger partial charge in [0.05, 0.1) is 0 Å². The van der Waals surface area contributed by atoms with Crippen LogP contribution in [0.5, 0.6) is 0 Å². The van der Waals surface area contributed by atoms with E-state index >= 15 is 0 Å². The van der Waals surface area contributed by atoms with E-state index in [1.165, 1.54) is 31.4 Å². The molecule has 1 aromatic carbocycles. The van der Waals surface area contributed by atoms with Crippen LogP contribution >= 0.6 is 0 Å². The van der Waals surface area contributed by atoms with Crippen molar-refractivity contribution < 1.29 is 4.39 Å². The lowest BCUT2D eigenvalue weighted by Crippen LogP contribution is -2.50. The van der Waals surface area contributed by atoms with Gasteiger partial charge in [-0.1, -0.05) is 31.4 Å². The maximum absolute atomic E-state index is 12.8. The Morgan fingerprint density at radius 3 is 2.39 bits per heavy atom. The fourth-order valence-electron chi connectivity index (χ4n) is 2.91. The number of benzene rings is 1. The van der Waals surface area contributed by atoms with Crippen LogP contribution in [0.2, 0.25) is 0 Å². The highest BCUT2D eigenvalue weighted by Gasteiger charge is 2.28. The van der Waals surface area contributed by atoms with Crippen molar-refractivity contribution in [3.05, 3.63) is 35.6 Å². The van der Waals surface area contributed by atoms with Crippen molar-refractivity contribution in [2.45, 2.75) is 44.2 Å². The van der Waals surface area contributed by atoms with Gasteiger partial charge in [0, 0.05) is 18.6 Å². The summed E-state index contributed by atoms with van der Waals surface area (Å²) in [6, 6.07) is 6.72. The van der Waals surface area contributed by atoms with Gasteiger partial charge >= 0.3 is 0 Å². The van der Waals surface area contributed by atoms with Gasteiger partial charge in [-0.25, -0.2) is 4.39 Å². The molecule has 0 radical (unpaired) electrons. The molecular formula is C15H23FN2. The molecule has 1 aliphatic rings. The second-order valence-electron chi connectivity index (χ2n) is 5.72. The first-order valence-electron chi connectivity index (χ1n) is 6.79. The van der Waals surface area contributed by atoms with Gasteiger partial charge in [-0.3, -0.25) is 0 Å². The van der Waals surface area contributed by atoms with Crippen LogP contribution in [-0.2, 0) is 6.54 Å². The second-order valence-corrected chi connectivity index (χ2v) is 5.72. The predicted molar refractivity (Wildman–Crippen MR) is 72.7 cm³/mol. The van der Waals surface area contributed by atoms with Crippen LogP contribution in [0.15, 0.2) is 24.3 Å². The molecule has 0 bridgehead atoms. The molecule has 0 atom stereocenters. The highest BCUT2D eigenvalue weighted by atomic mass is 19.1. The molecule has 0 heterocycles. The van der Waals surface area contributed by atoms with E-state index in [4.69, 9.17) is 5.73 Å². The second kappa shape index (κ2) is 5.81. The van der Waals surface area contributed by atoms with E-state index in [-0.39, 0.29) is 11.4 Å². The number of rotatable bonds is 4. The first-order chi connectivity index (χ1) is 8.57. The maximum Gasteiger partial charge on any atom is 0.123 e. The maximum atomic E-state index is 12.8. The zero-order chi connectivity index (χ0) is 13.0. The van der Waals surface area contributed by atoms with Crippen molar-refractivity contribution >= 4 is 0 Å². The molecule has 0 aliphatic heterocycles. The van der Waals surface area contributed by atoms with E-state index in [9.17, 15) is 4.39 Å². The molecule has 2 rings (SSSR count). The van der Waals surface area contributed by atoms with E-state index in [1.54, 1.807) is 0 Å². The third-order valence-electron chi connectivity index (χ3n) is 3.80. The van der Waals surface area contributed by atoms with Crippen LogP contribution in [0.1, 0.15) is 37.7 Å². The highest BCUT2D eigenvalue weighted by Crippen LogP contribution is 2.26. The summed E-state index contributed by atoms with van der Waals surface area (Å²) in [4.78, 5) is 2.25. The van der Waals surface area contributed by atoms with Gasteiger partial charge in [0.25, 0.3) is 0 Å². The van der Waals surface area contributed by atoms with E-state index in [0.29, 0.717) is 0 Å². The number of likely N-dealkylation sites (N-methyl/N-ethyl adjacent to an activating group) is 1. The summed E-state index contributed by atoms with van der Waals surface area (Å²) in [5, 5.41) is 0. The smallest absolute Gasteiger partial charge is 0.123 e. The van der Waals surface area contributed by atoms with Crippen molar-refractivity contribution in [1.29, 1.82) is 0 Å². The summed E-state index contributed by atoms with van der Waals surface area (Å²) >= 11 is 0. The predicted octanol–water partition coefficient (Wildman–Crippen LogP) is 2.92. The van der Waals surface area contributed by atoms with Crippen LogP contribution in [0.4, 0.5) is 4.39 Å². The fourth-order valence-corrected chi connectivity index (χ4v) is 2.91. The fraction of sp³-hybridized carbons (Fsp3) is 0.600. The normalized spacial score (nSPS) is 19.1. The molecule has 0 unspecified atom stereocenters. The third-order valence-corrected chi connectivity index (χ3v) is 3.80. The summed E-state index contributed by atoms with van der Waals surface area (Å²) in [7, 11) is 2.09. The molecule has 100 valence electrons. The standard InChI is InChI=1S/C15H23FN2/c1-18(11-13-5-7-14(16)8-6-13)12-15(17)9-3-2-4-10-15/h5-8H,2-4,9-12,17H2,1H3. The molecule has 2 nitrogen and oxygen atoms in total. The number of hydrogen-bond donors (Lipinski definition) is 1. The summed E-state index contributed by atoms with van der Waals surface area (Å²) in [5.41, 5.74) is 7.55. The molecule has 18 heavy (non-hydrogen) atoms. The summed E-state index contributed by atoms with van der Waals surface area (Å²) in [6.45, 7) is 1.75. The molecule has 0 spiro atoms. The average Bonchev–Trinajstić information content (AvgIpc) is 2.32. The lowest BCUT2D eigenvalue weighted by atomic mass is 9.82. The Bertz CT molecular complexity index is 369. The van der Waals surface area contributed by atoms with Gasteiger partial charge in [-0.15, -0.1) is 0 Å². The number of nitrogens with two attached hydrogens (primary N) is 1. The van der Waals surface area contributed by atoms with Gasteiger partial charge in [0.1, 0.15) is 5.82 Å². The first-order valence-corrected chi connectivity index (χ1v) is 6.79. The van der Waals surface area contributed by atoms with E-state index < -0.39 is 0 Å². The summed E-state index contributed by atoms with van der Waals surface area (Å²) in [5.74, 6) is -0.177. The van der Waals surface area contributed by atoms with E-state index in [0.717, 1.165) is 31.5 Å². The van der Waals surface area contributed by atoms with Crippen LogP contribution in [-0.4, -0.2) is 24.0 Å².